The van der Waals surface area contributed by atoms with Gasteiger partial charge in [0.05, 0.1) is 18.6 Å². The van der Waals surface area contributed by atoms with Crippen LogP contribution >= 0.6 is 0 Å². The molecule has 2 atom stereocenters. The van der Waals surface area contributed by atoms with Gasteiger partial charge in [-0.25, -0.2) is 4.98 Å². The lowest BCUT2D eigenvalue weighted by Gasteiger charge is -2.27. The fraction of sp³-hybridized carbons (Fsp3) is 0.400. The number of esters is 1. The highest BCUT2D eigenvalue weighted by molar-refractivity contribution is 5.85. The molecule has 1 aromatic carbocycles. The lowest BCUT2D eigenvalue weighted by atomic mass is 9.81. The number of hydrogen-bond donors (Lipinski definition) is 3. The molecule has 1 aromatic heterocycles. The first-order chi connectivity index (χ1) is 13.0. The molecule has 0 spiro atoms. The van der Waals surface area contributed by atoms with E-state index in [4.69, 9.17) is 10.1 Å². The molecule has 0 amide bonds. The van der Waals surface area contributed by atoms with E-state index in [1.54, 1.807) is 0 Å². The van der Waals surface area contributed by atoms with Crippen molar-refractivity contribution in [3.8, 4) is 0 Å². The van der Waals surface area contributed by atoms with Crippen LogP contribution in [0.4, 0.5) is 11.5 Å². The Balaban J connectivity index is 1.94. The molecule has 27 heavy (non-hydrogen) atoms. The molecule has 1 aliphatic rings. The van der Waals surface area contributed by atoms with Gasteiger partial charge in [0.15, 0.2) is 0 Å². The van der Waals surface area contributed by atoms with Crippen molar-refractivity contribution in [3.63, 3.8) is 0 Å². The van der Waals surface area contributed by atoms with Gasteiger partial charge in [-0.3, -0.25) is 9.59 Å². The highest BCUT2D eigenvalue weighted by Gasteiger charge is 2.30. The molecule has 1 fully saturated rings. The van der Waals surface area contributed by atoms with Crippen molar-refractivity contribution < 1.29 is 9.53 Å². The lowest BCUT2D eigenvalue weighted by molar-refractivity contribution is -0.146. The van der Waals surface area contributed by atoms with Crippen molar-refractivity contribution in [2.75, 3.05) is 12.4 Å². The Morgan fingerprint density at radius 2 is 2.15 bits per heavy atom. The number of carbonyl (C=O) groups is 1. The highest BCUT2D eigenvalue weighted by Crippen LogP contribution is 2.35. The molecular weight excluding hydrogens is 344 g/mol. The Kier molecular flexibility index (Phi) is 5.69. The van der Waals surface area contributed by atoms with Gasteiger partial charge in [-0.2, -0.15) is 0 Å². The molecule has 0 saturated heterocycles. The fourth-order valence-corrected chi connectivity index (χ4v) is 3.58. The predicted octanol–water partition coefficient (Wildman–Crippen LogP) is 3.27. The quantitative estimate of drug-likeness (QED) is 0.554. The summed E-state index contributed by atoms with van der Waals surface area (Å²) in [6, 6.07) is 7.70. The van der Waals surface area contributed by atoms with E-state index < -0.39 is 0 Å². The van der Waals surface area contributed by atoms with E-state index >= 15 is 0 Å². The smallest absolute Gasteiger partial charge is 0.308 e. The molecule has 2 aromatic rings. The van der Waals surface area contributed by atoms with Gasteiger partial charge < -0.3 is 20.4 Å². The van der Waals surface area contributed by atoms with Crippen LogP contribution in [0.5, 0.6) is 0 Å². The third-order valence-corrected chi connectivity index (χ3v) is 5.11. The minimum Gasteiger partial charge on any atom is -0.469 e. The molecule has 0 bridgehead atoms. The van der Waals surface area contributed by atoms with Gasteiger partial charge in [-0.05, 0) is 37.8 Å². The number of methoxy groups -OCH3 is 1. The Labute approximate surface area is 157 Å². The zero-order chi connectivity index (χ0) is 19.4. The van der Waals surface area contributed by atoms with E-state index in [0.717, 1.165) is 36.7 Å². The molecule has 7 heteroatoms. The second-order valence-electron chi connectivity index (χ2n) is 6.88. The summed E-state index contributed by atoms with van der Waals surface area (Å²) in [5.41, 5.74) is 1.68. The zero-order valence-corrected chi connectivity index (χ0v) is 15.5. The molecule has 142 valence electrons. The number of benzene rings is 1. The van der Waals surface area contributed by atoms with E-state index in [0.29, 0.717) is 18.1 Å². The first-order valence-electron chi connectivity index (χ1n) is 9.08. The minimum absolute atomic E-state index is 0.0206. The van der Waals surface area contributed by atoms with Gasteiger partial charge in [-0.15, -0.1) is 0 Å². The number of H-pyrrole nitrogens is 1. The average molecular weight is 368 g/mol. The van der Waals surface area contributed by atoms with Crippen LogP contribution in [0.15, 0.2) is 29.1 Å². The molecule has 1 heterocycles. The summed E-state index contributed by atoms with van der Waals surface area (Å²) >= 11 is 0. The van der Waals surface area contributed by atoms with Crippen molar-refractivity contribution in [3.05, 3.63) is 51.6 Å². The summed E-state index contributed by atoms with van der Waals surface area (Å²) in [5.74, 6) is 0.506. The summed E-state index contributed by atoms with van der Waals surface area (Å²) < 4.78 is 4.88. The molecule has 3 N–H and O–H groups in total. The van der Waals surface area contributed by atoms with Crippen molar-refractivity contribution in [1.29, 1.82) is 5.41 Å². The first-order valence-corrected chi connectivity index (χ1v) is 9.08. The fourth-order valence-electron chi connectivity index (χ4n) is 3.58. The number of aryl methyl sites for hydroxylation is 1. The maximum atomic E-state index is 12.5. The molecule has 7 nitrogen and oxygen atoms in total. The van der Waals surface area contributed by atoms with Crippen LogP contribution in [0.25, 0.3) is 0 Å². The maximum Gasteiger partial charge on any atom is 0.308 e. The lowest BCUT2D eigenvalue weighted by Crippen LogP contribution is -2.26. The van der Waals surface area contributed by atoms with Crippen molar-refractivity contribution in [2.45, 2.75) is 38.5 Å². The number of ether oxygens (including phenoxy) is 1. The Morgan fingerprint density at radius 3 is 2.85 bits per heavy atom. The van der Waals surface area contributed by atoms with Gasteiger partial charge in [0.25, 0.3) is 5.56 Å². The van der Waals surface area contributed by atoms with Gasteiger partial charge in [0, 0.05) is 17.8 Å². The Hall–Kier alpha value is -2.96. The van der Waals surface area contributed by atoms with Gasteiger partial charge in [-0.1, -0.05) is 24.6 Å². The standard InChI is InChI=1S/C20H24N4O3/c1-12-6-3-4-9-16(12)22-18-15(11-21)19(25)24-17(23-18)13-7-5-8-14(10-13)20(26)27-2/h3-4,6,9,11,13-14,21H,5,7-8,10H2,1-2H3,(H2,22,23,24,25). The van der Waals surface area contributed by atoms with Crippen molar-refractivity contribution >= 4 is 23.7 Å². The first kappa shape index (κ1) is 18.8. The number of para-hydroxylation sites is 1. The number of nitrogens with one attached hydrogen (secondary N) is 3. The van der Waals surface area contributed by atoms with Crippen LogP contribution < -0.4 is 10.9 Å². The summed E-state index contributed by atoms with van der Waals surface area (Å²) in [6.07, 6.45) is 4.13. The molecule has 1 aliphatic carbocycles. The van der Waals surface area contributed by atoms with Crippen LogP contribution in [-0.4, -0.2) is 29.3 Å². The van der Waals surface area contributed by atoms with Gasteiger partial charge >= 0.3 is 5.97 Å². The molecule has 0 radical (unpaired) electrons. The Morgan fingerprint density at radius 1 is 1.37 bits per heavy atom. The van der Waals surface area contributed by atoms with Crippen LogP contribution in [0.3, 0.4) is 0 Å². The van der Waals surface area contributed by atoms with E-state index in [1.165, 1.54) is 7.11 Å². The van der Waals surface area contributed by atoms with E-state index in [-0.39, 0.29) is 28.9 Å². The van der Waals surface area contributed by atoms with E-state index in [2.05, 4.69) is 15.3 Å². The molecular formula is C20H24N4O3. The summed E-state index contributed by atoms with van der Waals surface area (Å²) in [4.78, 5) is 31.8. The van der Waals surface area contributed by atoms with Crippen molar-refractivity contribution in [2.24, 2.45) is 5.92 Å². The molecule has 1 saturated carbocycles. The minimum atomic E-state index is -0.355. The van der Waals surface area contributed by atoms with Crippen molar-refractivity contribution in [1.82, 2.24) is 9.97 Å². The van der Waals surface area contributed by atoms with Crippen LogP contribution in [0.2, 0.25) is 0 Å². The monoisotopic (exact) mass is 368 g/mol. The SMILES string of the molecule is COC(=O)C1CCCC(c2nc(Nc3ccccc3C)c(C=N)c(=O)[nH]2)C1. The maximum absolute atomic E-state index is 12.5. The van der Waals surface area contributed by atoms with Crippen LogP contribution in [0.1, 0.15) is 48.6 Å². The van der Waals surface area contributed by atoms with E-state index in [9.17, 15) is 9.59 Å². The third kappa shape index (κ3) is 4.07. The Bertz CT molecular complexity index is 906. The molecule has 2 unspecified atom stereocenters. The zero-order valence-electron chi connectivity index (χ0n) is 15.5. The summed E-state index contributed by atoms with van der Waals surface area (Å²) in [6.45, 7) is 1.96. The second kappa shape index (κ2) is 8.16. The highest BCUT2D eigenvalue weighted by atomic mass is 16.5. The summed E-state index contributed by atoms with van der Waals surface area (Å²) in [7, 11) is 1.40. The molecule has 3 rings (SSSR count). The van der Waals surface area contributed by atoms with Gasteiger partial charge in [0.2, 0.25) is 0 Å². The van der Waals surface area contributed by atoms with Crippen LogP contribution in [0, 0.1) is 18.3 Å². The summed E-state index contributed by atoms with van der Waals surface area (Å²) in [5, 5.41) is 10.8. The average Bonchev–Trinajstić information content (AvgIpc) is 2.69. The number of nitrogens with zero attached hydrogens (tertiary/aromatic N) is 1. The largest absolute Gasteiger partial charge is 0.469 e. The van der Waals surface area contributed by atoms with E-state index in [1.807, 2.05) is 31.2 Å². The normalized spacial score (nSPS) is 19.3. The van der Waals surface area contributed by atoms with Gasteiger partial charge in [0.1, 0.15) is 11.6 Å². The number of hydrogen-bond acceptors (Lipinski definition) is 6. The number of rotatable bonds is 5. The predicted molar refractivity (Wildman–Crippen MR) is 104 cm³/mol. The number of aromatic amines is 1. The topological polar surface area (TPSA) is 108 Å². The molecule has 0 aliphatic heterocycles. The second-order valence-corrected chi connectivity index (χ2v) is 6.88. The van der Waals surface area contributed by atoms with Crippen LogP contribution in [-0.2, 0) is 9.53 Å². The third-order valence-electron chi connectivity index (χ3n) is 5.11. The number of carbonyl (C=O) groups excluding carboxylic acids is 1. The number of anilines is 2. The number of aromatic nitrogens is 2.